The highest BCUT2D eigenvalue weighted by Gasteiger charge is 2.10. The van der Waals surface area contributed by atoms with Crippen LogP contribution in [0.2, 0.25) is 0 Å². The molecule has 0 atom stereocenters. The predicted octanol–water partition coefficient (Wildman–Crippen LogP) is 4.34. The van der Waals surface area contributed by atoms with Crippen molar-refractivity contribution in [2.45, 2.75) is 20.3 Å². The van der Waals surface area contributed by atoms with Crippen molar-refractivity contribution in [3.05, 3.63) is 69.8 Å². The van der Waals surface area contributed by atoms with Gasteiger partial charge >= 0.3 is 0 Å². The molecule has 0 aromatic heterocycles. The van der Waals surface area contributed by atoms with Gasteiger partial charge in [-0.15, -0.1) is 0 Å². The molecule has 0 unspecified atom stereocenters. The van der Waals surface area contributed by atoms with Gasteiger partial charge in [0.15, 0.2) is 0 Å². The average molecular weight is 340 g/mol. The number of nitro groups is 1. The summed E-state index contributed by atoms with van der Waals surface area (Å²) >= 11 is 0. The van der Waals surface area contributed by atoms with Crippen molar-refractivity contribution in [3.63, 3.8) is 0 Å². The minimum absolute atomic E-state index is 0.0665. The van der Waals surface area contributed by atoms with E-state index in [2.05, 4.69) is 5.32 Å². The summed E-state index contributed by atoms with van der Waals surface area (Å²) in [6, 6.07) is 11.8. The van der Waals surface area contributed by atoms with Crippen LogP contribution in [0.15, 0.2) is 48.5 Å². The number of nitro benzene ring substituents is 1. The summed E-state index contributed by atoms with van der Waals surface area (Å²) in [5.41, 5.74) is 1.89. The van der Waals surface area contributed by atoms with Crippen LogP contribution in [0.1, 0.15) is 24.5 Å². The van der Waals surface area contributed by atoms with Gasteiger partial charge in [-0.2, -0.15) is 0 Å². The molecule has 0 bridgehead atoms. The molecule has 0 saturated carbocycles. The number of ether oxygens (including phenoxy) is 1. The second-order valence-corrected chi connectivity index (χ2v) is 5.47. The highest BCUT2D eigenvalue weighted by molar-refractivity contribution is 6.02. The molecule has 130 valence electrons. The third-order valence-electron chi connectivity index (χ3n) is 3.48. The molecule has 0 aliphatic carbocycles. The molecule has 0 heterocycles. The van der Waals surface area contributed by atoms with E-state index in [1.165, 1.54) is 18.2 Å². The molecule has 25 heavy (non-hydrogen) atoms. The van der Waals surface area contributed by atoms with Crippen molar-refractivity contribution in [3.8, 4) is 5.75 Å². The van der Waals surface area contributed by atoms with Gasteiger partial charge in [0.2, 0.25) is 5.91 Å². The number of para-hydroxylation sites is 1. The number of hydrogen-bond acceptors (Lipinski definition) is 4. The summed E-state index contributed by atoms with van der Waals surface area (Å²) in [6.45, 7) is 4.40. The van der Waals surface area contributed by atoms with E-state index in [9.17, 15) is 14.9 Å². The van der Waals surface area contributed by atoms with Gasteiger partial charge in [0, 0.05) is 23.8 Å². The van der Waals surface area contributed by atoms with E-state index in [-0.39, 0.29) is 11.6 Å². The lowest BCUT2D eigenvalue weighted by Crippen LogP contribution is -2.09. The Bertz CT molecular complexity index is 800. The van der Waals surface area contributed by atoms with Crippen LogP contribution in [0.5, 0.6) is 5.75 Å². The second-order valence-electron chi connectivity index (χ2n) is 5.47. The van der Waals surface area contributed by atoms with Crippen LogP contribution in [0.4, 0.5) is 11.4 Å². The SMILES string of the molecule is CCCOc1ccccc1C=CC(=O)Nc1cc([N+](=O)[O-])ccc1C. The molecule has 2 aromatic carbocycles. The summed E-state index contributed by atoms with van der Waals surface area (Å²) in [5, 5.41) is 13.5. The molecule has 0 radical (unpaired) electrons. The Labute approximate surface area is 146 Å². The topological polar surface area (TPSA) is 81.5 Å². The maximum Gasteiger partial charge on any atom is 0.271 e. The van der Waals surface area contributed by atoms with Crippen molar-refractivity contribution in [1.29, 1.82) is 0 Å². The summed E-state index contributed by atoms with van der Waals surface area (Å²) in [7, 11) is 0. The molecule has 1 amide bonds. The Kier molecular flexibility index (Phi) is 6.28. The Morgan fingerprint density at radius 3 is 2.76 bits per heavy atom. The fourth-order valence-electron chi connectivity index (χ4n) is 2.16. The molecule has 6 nitrogen and oxygen atoms in total. The zero-order valence-electron chi connectivity index (χ0n) is 14.2. The number of anilines is 1. The molecule has 0 aliphatic rings. The lowest BCUT2D eigenvalue weighted by Gasteiger charge is -2.08. The number of hydrogen-bond donors (Lipinski definition) is 1. The normalized spacial score (nSPS) is 10.6. The zero-order chi connectivity index (χ0) is 18.2. The lowest BCUT2D eigenvalue weighted by molar-refractivity contribution is -0.384. The van der Waals surface area contributed by atoms with Crippen LogP contribution in [0.3, 0.4) is 0 Å². The Morgan fingerprint density at radius 1 is 1.28 bits per heavy atom. The second kappa shape index (κ2) is 8.63. The summed E-state index contributed by atoms with van der Waals surface area (Å²) in [5.74, 6) is 0.342. The van der Waals surface area contributed by atoms with Crippen molar-refractivity contribution < 1.29 is 14.5 Å². The fourth-order valence-corrected chi connectivity index (χ4v) is 2.16. The van der Waals surface area contributed by atoms with E-state index in [1.807, 2.05) is 31.2 Å². The number of nitrogens with one attached hydrogen (secondary N) is 1. The number of benzene rings is 2. The van der Waals surface area contributed by atoms with E-state index < -0.39 is 4.92 Å². The molecule has 2 rings (SSSR count). The van der Waals surface area contributed by atoms with E-state index in [0.717, 1.165) is 17.5 Å². The zero-order valence-corrected chi connectivity index (χ0v) is 14.2. The first-order chi connectivity index (χ1) is 12.0. The van der Waals surface area contributed by atoms with E-state index in [0.29, 0.717) is 18.0 Å². The van der Waals surface area contributed by atoms with Crippen molar-refractivity contribution >= 4 is 23.4 Å². The minimum Gasteiger partial charge on any atom is -0.493 e. The maximum absolute atomic E-state index is 12.1. The predicted molar refractivity (Wildman–Crippen MR) is 97.7 cm³/mol. The Morgan fingerprint density at radius 2 is 2.04 bits per heavy atom. The van der Waals surface area contributed by atoms with Crippen LogP contribution in [-0.4, -0.2) is 17.4 Å². The summed E-state index contributed by atoms with van der Waals surface area (Å²) in [4.78, 5) is 22.5. The van der Waals surface area contributed by atoms with Gasteiger partial charge in [0.05, 0.1) is 17.2 Å². The van der Waals surface area contributed by atoms with E-state index in [1.54, 1.807) is 19.1 Å². The smallest absolute Gasteiger partial charge is 0.271 e. The number of aryl methyl sites for hydroxylation is 1. The first-order valence-corrected chi connectivity index (χ1v) is 7.97. The van der Waals surface area contributed by atoms with Crippen molar-refractivity contribution in [2.75, 3.05) is 11.9 Å². The van der Waals surface area contributed by atoms with Crippen molar-refractivity contribution in [1.82, 2.24) is 0 Å². The number of non-ortho nitro benzene ring substituents is 1. The lowest BCUT2D eigenvalue weighted by atomic mass is 10.1. The number of nitrogens with zero attached hydrogens (tertiary/aromatic N) is 1. The standard InChI is InChI=1S/C19H20N2O4/c1-3-12-25-18-7-5-4-6-15(18)9-11-19(22)20-17-13-16(21(23)24)10-8-14(17)2/h4-11,13H,3,12H2,1-2H3,(H,20,22). The van der Waals surface area contributed by atoms with Crippen molar-refractivity contribution in [2.24, 2.45) is 0 Å². The molecule has 0 aliphatic heterocycles. The van der Waals surface area contributed by atoms with Gasteiger partial charge in [-0.1, -0.05) is 31.2 Å². The monoisotopic (exact) mass is 340 g/mol. The fraction of sp³-hybridized carbons (Fsp3) is 0.211. The summed E-state index contributed by atoms with van der Waals surface area (Å²) < 4.78 is 5.64. The Balaban J connectivity index is 2.12. The molecule has 0 fully saturated rings. The van der Waals surface area contributed by atoms with Gasteiger partial charge in [-0.3, -0.25) is 14.9 Å². The number of carbonyl (C=O) groups is 1. The molecule has 0 saturated heterocycles. The van der Waals surface area contributed by atoms with E-state index in [4.69, 9.17) is 4.74 Å². The molecular weight excluding hydrogens is 320 g/mol. The van der Waals surface area contributed by atoms with Crippen LogP contribution in [-0.2, 0) is 4.79 Å². The van der Waals surface area contributed by atoms with Gasteiger partial charge in [-0.25, -0.2) is 0 Å². The van der Waals surface area contributed by atoms with Crippen LogP contribution in [0, 0.1) is 17.0 Å². The maximum atomic E-state index is 12.1. The first kappa shape index (κ1) is 18.2. The van der Waals surface area contributed by atoms with Crippen LogP contribution >= 0.6 is 0 Å². The average Bonchev–Trinajstić information content (AvgIpc) is 2.60. The number of rotatable bonds is 7. The molecule has 2 aromatic rings. The third-order valence-corrected chi connectivity index (χ3v) is 3.48. The molecule has 1 N–H and O–H groups in total. The number of carbonyl (C=O) groups excluding carboxylic acids is 1. The van der Waals surface area contributed by atoms with Gasteiger partial charge in [0.25, 0.3) is 5.69 Å². The molecule has 6 heteroatoms. The van der Waals surface area contributed by atoms with Gasteiger partial charge in [-0.05, 0) is 31.1 Å². The highest BCUT2D eigenvalue weighted by Crippen LogP contribution is 2.22. The first-order valence-electron chi connectivity index (χ1n) is 7.97. The Hall–Kier alpha value is -3.15. The van der Waals surface area contributed by atoms with Gasteiger partial charge < -0.3 is 10.1 Å². The third kappa shape index (κ3) is 5.17. The number of amides is 1. The van der Waals surface area contributed by atoms with Gasteiger partial charge in [0.1, 0.15) is 5.75 Å². The molecule has 0 spiro atoms. The summed E-state index contributed by atoms with van der Waals surface area (Å²) in [6.07, 6.45) is 3.93. The van der Waals surface area contributed by atoms with Crippen LogP contribution < -0.4 is 10.1 Å². The quantitative estimate of drug-likeness (QED) is 0.462. The highest BCUT2D eigenvalue weighted by atomic mass is 16.6. The largest absolute Gasteiger partial charge is 0.493 e. The van der Waals surface area contributed by atoms with Crippen LogP contribution in [0.25, 0.3) is 6.08 Å². The van der Waals surface area contributed by atoms with E-state index >= 15 is 0 Å². The molecular formula is C19H20N2O4. The minimum atomic E-state index is -0.494.